The average molecular weight is 293 g/mol. The molecule has 0 saturated carbocycles. The Kier molecular flexibility index (Phi) is 9.02. The summed E-state index contributed by atoms with van der Waals surface area (Å²) in [6.45, 7) is 10.4. The molecule has 1 rings (SSSR count). The van der Waals surface area contributed by atoms with Gasteiger partial charge in [-0.25, -0.2) is 4.98 Å². The summed E-state index contributed by atoms with van der Waals surface area (Å²) < 4.78 is 5.26. The van der Waals surface area contributed by atoms with Crippen LogP contribution in [0.4, 0.5) is 5.82 Å². The quantitative estimate of drug-likeness (QED) is 0.677. The van der Waals surface area contributed by atoms with Crippen LogP contribution in [0.5, 0.6) is 0 Å². The van der Waals surface area contributed by atoms with Crippen molar-refractivity contribution in [3.63, 3.8) is 0 Å². The van der Waals surface area contributed by atoms with E-state index in [1.165, 1.54) is 18.4 Å². The number of rotatable bonds is 11. The van der Waals surface area contributed by atoms with E-state index in [0.29, 0.717) is 6.04 Å². The minimum absolute atomic E-state index is 0.611. The van der Waals surface area contributed by atoms with Gasteiger partial charge >= 0.3 is 0 Å². The lowest BCUT2D eigenvalue weighted by Crippen LogP contribution is -2.36. The Labute approximate surface area is 129 Å². The number of ether oxygens (including phenoxy) is 1. The molecule has 0 atom stereocenters. The molecule has 0 radical (unpaired) electrons. The normalized spacial score (nSPS) is 11.3. The van der Waals surface area contributed by atoms with Crippen LogP contribution >= 0.6 is 0 Å². The van der Waals surface area contributed by atoms with Gasteiger partial charge in [-0.3, -0.25) is 4.90 Å². The predicted octanol–water partition coefficient (Wildman–Crippen LogP) is 3.54. The molecule has 0 spiro atoms. The second-order valence-electron chi connectivity index (χ2n) is 5.41. The monoisotopic (exact) mass is 293 g/mol. The van der Waals surface area contributed by atoms with Gasteiger partial charge in [-0.1, -0.05) is 20.8 Å². The van der Waals surface area contributed by atoms with E-state index in [1.807, 2.05) is 6.20 Å². The lowest BCUT2D eigenvalue weighted by molar-refractivity contribution is 0.110. The molecular weight excluding hydrogens is 262 g/mol. The van der Waals surface area contributed by atoms with Crippen molar-refractivity contribution in [3.05, 3.63) is 23.9 Å². The third-order valence-corrected chi connectivity index (χ3v) is 3.81. The van der Waals surface area contributed by atoms with Crippen LogP contribution in [0.1, 0.15) is 45.6 Å². The molecule has 4 heteroatoms. The van der Waals surface area contributed by atoms with E-state index in [4.69, 9.17) is 4.74 Å². The number of pyridine rings is 1. The van der Waals surface area contributed by atoms with Crippen molar-refractivity contribution in [2.24, 2.45) is 0 Å². The van der Waals surface area contributed by atoms with Crippen molar-refractivity contribution in [2.45, 2.75) is 52.6 Å². The van der Waals surface area contributed by atoms with Gasteiger partial charge in [0.15, 0.2) is 0 Å². The van der Waals surface area contributed by atoms with E-state index in [9.17, 15) is 0 Å². The minimum Gasteiger partial charge on any atom is -0.383 e. The molecule has 4 nitrogen and oxygen atoms in total. The Morgan fingerprint density at radius 1 is 1.29 bits per heavy atom. The van der Waals surface area contributed by atoms with Crippen LogP contribution in [0.25, 0.3) is 0 Å². The SMILES string of the molecule is CCCNc1cc(CN(CCOC)C(CC)CC)ccn1. The zero-order valence-electron chi connectivity index (χ0n) is 14.1. The molecule has 0 bridgehead atoms. The van der Waals surface area contributed by atoms with Gasteiger partial charge in [-0.2, -0.15) is 0 Å². The Morgan fingerprint density at radius 2 is 2.05 bits per heavy atom. The van der Waals surface area contributed by atoms with E-state index in [2.05, 4.69) is 48.1 Å². The predicted molar refractivity (Wildman–Crippen MR) is 89.7 cm³/mol. The topological polar surface area (TPSA) is 37.4 Å². The Morgan fingerprint density at radius 3 is 2.67 bits per heavy atom. The van der Waals surface area contributed by atoms with Crippen molar-refractivity contribution in [3.8, 4) is 0 Å². The average Bonchev–Trinajstić information content (AvgIpc) is 2.52. The lowest BCUT2D eigenvalue weighted by atomic mass is 10.1. The van der Waals surface area contributed by atoms with Gasteiger partial charge in [-0.15, -0.1) is 0 Å². The molecule has 21 heavy (non-hydrogen) atoms. The van der Waals surface area contributed by atoms with Gasteiger partial charge in [0.1, 0.15) is 5.82 Å². The fraction of sp³-hybridized carbons (Fsp3) is 0.706. The molecule has 0 aliphatic rings. The van der Waals surface area contributed by atoms with Crippen LogP contribution in [0.2, 0.25) is 0 Å². The summed E-state index contributed by atoms with van der Waals surface area (Å²) in [4.78, 5) is 6.89. The third-order valence-electron chi connectivity index (χ3n) is 3.81. The Balaban J connectivity index is 2.72. The van der Waals surface area contributed by atoms with Crippen LogP contribution in [0, 0.1) is 0 Å². The molecule has 0 saturated heterocycles. The van der Waals surface area contributed by atoms with Gasteiger partial charge in [0, 0.05) is 39.0 Å². The number of methoxy groups -OCH3 is 1. The van der Waals surface area contributed by atoms with Gasteiger partial charge in [0.25, 0.3) is 0 Å². The van der Waals surface area contributed by atoms with Crippen LogP contribution in [0.3, 0.4) is 0 Å². The second kappa shape index (κ2) is 10.6. The largest absolute Gasteiger partial charge is 0.383 e. The molecule has 0 aromatic carbocycles. The molecule has 0 aliphatic carbocycles. The molecular formula is C17H31N3O. The maximum atomic E-state index is 5.26. The maximum absolute atomic E-state index is 5.26. The maximum Gasteiger partial charge on any atom is 0.126 e. The van der Waals surface area contributed by atoms with E-state index < -0.39 is 0 Å². The van der Waals surface area contributed by atoms with Crippen LogP contribution < -0.4 is 5.32 Å². The van der Waals surface area contributed by atoms with Crippen LogP contribution in [-0.4, -0.2) is 42.7 Å². The summed E-state index contributed by atoms with van der Waals surface area (Å²) in [5, 5.41) is 3.35. The van der Waals surface area contributed by atoms with E-state index in [-0.39, 0.29) is 0 Å². The zero-order valence-corrected chi connectivity index (χ0v) is 14.1. The van der Waals surface area contributed by atoms with Crippen LogP contribution in [0.15, 0.2) is 18.3 Å². The molecule has 120 valence electrons. The third kappa shape index (κ3) is 6.44. The summed E-state index contributed by atoms with van der Waals surface area (Å²) in [6.07, 6.45) is 5.35. The summed E-state index contributed by atoms with van der Waals surface area (Å²) in [7, 11) is 1.77. The first-order chi connectivity index (χ1) is 10.2. The number of nitrogens with one attached hydrogen (secondary N) is 1. The number of nitrogens with zero attached hydrogens (tertiary/aromatic N) is 2. The highest BCUT2D eigenvalue weighted by molar-refractivity contribution is 5.37. The van der Waals surface area contributed by atoms with E-state index in [0.717, 1.165) is 38.5 Å². The molecule has 0 unspecified atom stereocenters. The van der Waals surface area contributed by atoms with Crippen LogP contribution in [-0.2, 0) is 11.3 Å². The Bertz CT molecular complexity index is 380. The Hall–Kier alpha value is -1.13. The standard InChI is InChI=1S/C17H31N3O/c1-5-9-18-17-13-15(8-10-19-17)14-20(11-12-21-4)16(6-2)7-3/h8,10,13,16H,5-7,9,11-12,14H2,1-4H3,(H,18,19). The van der Waals surface area contributed by atoms with Crippen molar-refractivity contribution in [1.29, 1.82) is 0 Å². The minimum atomic E-state index is 0.611. The molecule has 1 N–H and O–H groups in total. The summed E-state index contributed by atoms with van der Waals surface area (Å²) in [5.41, 5.74) is 1.31. The van der Waals surface area contributed by atoms with E-state index in [1.54, 1.807) is 7.11 Å². The molecule has 1 aromatic heterocycles. The summed E-state index contributed by atoms with van der Waals surface area (Å²) in [5.74, 6) is 0.977. The fourth-order valence-electron chi connectivity index (χ4n) is 2.56. The molecule has 0 amide bonds. The number of hydrogen-bond donors (Lipinski definition) is 1. The number of anilines is 1. The highest BCUT2D eigenvalue weighted by Crippen LogP contribution is 2.15. The van der Waals surface area contributed by atoms with Crippen molar-refractivity contribution < 1.29 is 4.74 Å². The smallest absolute Gasteiger partial charge is 0.126 e. The van der Waals surface area contributed by atoms with Crippen molar-refractivity contribution in [2.75, 3.05) is 32.1 Å². The van der Waals surface area contributed by atoms with Gasteiger partial charge in [0.2, 0.25) is 0 Å². The number of hydrogen-bond acceptors (Lipinski definition) is 4. The highest BCUT2D eigenvalue weighted by atomic mass is 16.5. The first-order valence-corrected chi connectivity index (χ1v) is 8.16. The van der Waals surface area contributed by atoms with Gasteiger partial charge in [0.05, 0.1) is 6.61 Å². The van der Waals surface area contributed by atoms with Crippen molar-refractivity contribution >= 4 is 5.82 Å². The fourth-order valence-corrected chi connectivity index (χ4v) is 2.56. The number of aromatic nitrogens is 1. The van der Waals surface area contributed by atoms with Crippen molar-refractivity contribution in [1.82, 2.24) is 9.88 Å². The second-order valence-corrected chi connectivity index (χ2v) is 5.41. The zero-order chi connectivity index (χ0) is 15.5. The van der Waals surface area contributed by atoms with E-state index >= 15 is 0 Å². The molecule has 0 fully saturated rings. The molecule has 1 heterocycles. The lowest BCUT2D eigenvalue weighted by Gasteiger charge is -2.30. The highest BCUT2D eigenvalue weighted by Gasteiger charge is 2.15. The first kappa shape index (κ1) is 17.9. The molecule has 0 aliphatic heterocycles. The first-order valence-electron chi connectivity index (χ1n) is 8.16. The molecule has 1 aromatic rings. The summed E-state index contributed by atoms with van der Waals surface area (Å²) >= 11 is 0. The van der Waals surface area contributed by atoms with Gasteiger partial charge < -0.3 is 10.1 Å². The van der Waals surface area contributed by atoms with Gasteiger partial charge in [-0.05, 0) is 37.0 Å². The summed E-state index contributed by atoms with van der Waals surface area (Å²) in [6, 6.07) is 4.89.